The number of hydrogen-bond donors (Lipinski definition) is 2. The molecule has 29 heavy (non-hydrogen) atoms. The first kappa shape index (κ1) is 18.1. The highest BCUT2D eigenvalue weighted by molar-refractivity contribution is 6.04. The second-order valence-corrected chi connectivity index (χ2v) is 6.43. The molecule has 0 spiro atoms. The van der Waals surface area contributed by atoms with E-state index in [0.717, 1.165) is 28.5 Å². The largest absolute Gasteiger partial charge is 0.321 e. The zero-order chi connectivity index (χ0) is 20.4. The van der Waals surface area contributed by atoms with Gasteiger partial charge in [-0.3, -0.25) is 9.59 Å². The summed E-state index contributed by atoms with van der Waals surface area (Å²) in [7, 11) is 0. The molecule has 0 unspecified atom stereocenters. The van der Waals surface area contributed by atoms with Gasteiger partial charge in [0.25, 0.3) is 11.5 Å². The van der Waals surface area contributed by atoms with E-state index < -0.39 is 17.3 Å². The van der Waals surface area contributed by atoms with Crippen LogP contribution in [0.15, 0.2) is 77.6 Å². The van der Waals surface area contributed by atoms with E-state index in [1.54, 1.807) is 6.07 Å². The number of halogens is 1. The van der Waals surface area contributed by atoms with Crippen LogP contribution in [0.1, 0.15) is 15.9 Å². The number of benzene rings is 3. The van der Waals surface area contributed by atoms with Crippen molar-refractivity contribution in [2.24, 2.45) is 0 Å². The lowest BCUT2D eigenvalue weighted by atomic mass is 10.0. The lowest BCUT2D eigenvalue weighted by molar-refractivity contribution is 0.102. The highest BCUT2D eigenvalue weighted by Crippen LogP contribution is 2.23. The van der Waals surface area contributed by atoms with Crippen molar-refractivity contribution in [3.8, 4) is 17.3 Å². The van der Waals surface area contributed by atoms with Crippen LogP contribution < -0.4 is 10.9 Å². The number of aromatic amines is 1. The molecule has 5 nitrogen and oxygen atoms in total. The maximum Gasteiger partial charge on any atom is 0.261 e. The van der Waals surface area contributed by atoms with Crippen LogP contribution in [-0.4, -0.2) is 10.9 Å². The Balaban J connectivity index is 1.64. The minimum Gasteiger partial charge on any atom is -0.321 e. The fraction of sp³-hybridized carbons (Fsp3) is 0. The van der Waals surface area contributed by atoms with Crippen molar-refractivity contribution < 1.29 is 9.18 Å². The predicted molar refractivity (Wildman–Crippen MR) is 109 cm³/mol. The Hall–Kier alpha value is -4.24. The van der Waals surface area contributed by atoms with Crippen LogP contribution in [0.3, 0.4) is 0 Å². The predicted octanol–water partition coefficient (Wildman–Crippen LogP) is 4.46. The summed E-state index contributed by atoms with van der Waals surface area (Å²) in [6.07, 6.45) is 0. The van der Waals surface area contributed by atoms with Gasteiger partial charge in [0, 0.05) is 5.69 Å². The third kappa shape index (κ3) is 3.62. The Morgan fingerprint density at radius 2 is 1.76 bits per heavy atom. The first-order valence-electron chi connectivity index (χ1n) is 8.78. The standard InChI is InChI=1S/C23H14FN3O2/c24-18-7-9-21(17(12-18)13-25)27-23(29)19-8-10-20(26-22(19)28)16-6-5-14-3-1-2-4-15(14)11-16/h1-12H,(H,26,28)(H,27,29). The number of aromatic nitrogens is 1. The van der Waals surface area contributed by atoms with E-state index in [1.165, 1.54) is 12.1 Å². The van der Waals surface area contributed by atoms with Crippen molar-refractivity contribution in [2.75, 3.05) is 5.32 Å². The van der Waals surface area contributed by atoms with Gasteiger partial charge in [-0.25, -0.2) is 4.39 Å². The molecule has 1 amide bonds. The molecule has 0 aliphatic carbocycles. The van der Waals surface area contributed by atoms with Crippen LogP contribution in [0.2, 0.25) is 0 Å². The van der Waals surface area contributed by atoms with Gasteiger partial charge in [-0.05, 0) is 52.7 Å². The molecular formula is C23H14FN3O2. The summed E-state index contributed by atoms with van der Waals surface area (Å²) < 4.78 is 13.2. The molecule has 0 saturated heterocycles. The third-order valence-electron chi connectivity index (χ3n) is 4.56. The van der Waals surface area contributed by atoms with Crippen LogP contribution in [0.25, 0.3) is 22.0 Å². The molecule has 0 saturated carbocycles. The number of nitriles is 1. The monoisotopic (exact) mass is 383 g/mol. The number of carbonyl (C=O) groups excluding carboxylic acids is 1. The van der Waals surface area contributed by atoms with Gasteiger partial charge in [0.05, 0.1) is 11.3 Å². The molecule has 0 aliphatic rings. The number of hydrogen-bond acceptors (Lipinski definition) is 3. The van der Waals surface area contributed by atoms with Gasteiger partial charge in [-0.1, -0.05) is 36.4 Å². The molecule has 1 heterocycles. The number of fused-ring (bicyclic) bond motifs is 1. The van der Waals surface area contributed by atoms with Crippen molar-refractivity contribution in [1.29, 1.82) is 5.26 Å². The first-order valence-corrected chi connectivity index (χ1v) is 8.78. The fourth-order valence-electron chi connectivity index (χ4n) is 3.09. The number of nitrogens with one attached hydrogen (secondary N) is 2. The first-order chi connectivity index (χ1) is 14.0. The summed E-state index contributed by atoms with van der Waals surface area (Å²) in [5.74, 6) is -1.27. The van der Waals surface area contributed by atoms with Crippen molar-refractivity contribution in [3.63, 3.8) is 0 Å². The summed E-state index contributed by atoms with van der Waals surface area (Å²) in [5.41, 5.74) is 0.839. The third-order valence-corrected chi connectivity index (χ3v) is 4.56. The highest BCUT2D eigenvalue weighted by Gasteiger charge is 2.14. The Bertz CT molecular complexity index is 1350. The molecule has 140 valence electrons. The second-order valence-electron chi connectivity index (χ2n) is 6.43. The van der Waals surface area contributed by atoms with Crippen molar-refractivity contribution >= 4 is 22.4 Å². The number of anilines is 1. The van der Waals surface area contributed by atoms with Crippen LogP contribution in [0.4, 0.5) is 10.1 Å². The highest BCUT2D eigenvalue weighted by atomic mass is 19.1. The topological polar surface area (TPSA) is 85.8 Å². The van der Waals surface area contributed by atoms with Crippen LogP contribution in [0, 0.1) is 17.1 Å². The average molecular weight is 383 g/mol. The summed E-state index contributed by atoms with van der Waals surface area (Å²) in [4.78, 5) is 27.7. The number of carbonyl (C=O) groups is 1. The minimum absolute atomic E-state index is 0.0254. The summed E-state index contributed by atoms with van der Waals surface area (Å²) in [5, 5.41) is 13.7. The van der Waals surface area contributed by atoms with Gasteiger partial charge < -0.3 is 10.3 Å². The fourth-order valence-corrected chi connectivity index (χ4v) is 3.09. The van der Waals surface area contributed by atoms with E-state index in [-0.39, 0.29) is 16.8 Å². The SMILES string of the molecule is N#Cc1cc(F)ccc1NC(=O)c1ccc(-c2ccc3ccccc3c2)[nH]c1=O. The molecule has 0 bridgehead atoms. The van der Waals surface area contributed by atoms with E-state index in [1.807, 2.05) is 48.5 Å². The summed E-state index contributed by atoms with van der Waals surface area (Å²) in [6.45, 7) is 0. The van der Waals surface area contributed by atoms with E-state index in [2.05, 4.69) is 10.3 Å². The van der Waals surface area contributed by atoms with Crippen LogP contribution >= 0.6 is 0 Å². The Morgan fingerprint density at radius 1 is 0.966 bits per heavy atom. The lowest BCUT2D eigenvalue weighted by Gasteiger charge is -2.08. The van der Waals surface area contributed by atoms with Crippen molar-refractivity contribution in [3.05, 3.63) is 100 Å². The number of H-pyrrole nitrogens is 1. The summed E-state index contributed by atoms with van der Waals surface area (Å²) >= 11 is 0. The number of nitrogens with zero attached hydrogens (tertiary/aromatic N) is 1. The maximum atomic E-state index is 13.2. The number of pyridine rings is 1. The van der Waals surface area contributed by atoms with E-state index in [4.69, 9.17) is 5.26 Å². The van der Waals surface area contributed by atoms with Gasteiger partial charge in [0.15, 0.2) is 0 Å². The second kappa shape index (κ2) is 7.41. The molecule has 1 aromatic heterocycles. The van der Waals surface area contributed by atoms with E-state index in [0.29, 0.717) is 5.69 Å². The van der Waals surface area contributed by atoms with Crippen molar-refractivity contribution in [2.45, 2.75) is 0 Å². The van der Waals surface area contributed by atoms with Crippen LogP contribution in [0.5, 0.6) is 0 Å². The Morgan fingerprint density at radius 3 is 2.52 bits per heavy atom. The molecule has 0 atom stereocenters. The summed E-state index contributed by atoms with van der Waals surface area (Å²) in [6, 6.07) is 22.0. The van der Waals surface area contributed by atoms with Gasteiger partial charge in [0.2, 0.25) is 0 Å². The van der Waals surface area contributed by atoms with E-state index in [9.17, 15) is 14.0 Å². The molecule has 6 heteroatoms. The quantitative estimate of drug-likeness (QED) is 0.548. The lowest BCUT2D eigenvalue weighted by Crippen LogP contribution is -2.23. The smallest absolute Gasteiger partial charge is 0.261 e. The van der Waals surface area contributed by atoms with Gasteiger partial charge in [-0.15, -0.1) is 0 Å². The Kier molecular flexibility index (Phi) is 4.63. The normalized spacial score (nSPS) is 10.5. The number of amides is 1. The average Bonchev–Trinajstić information content (AvgIpc) is 2.74. The van der Waals surface area contributed by atoms with Crippen LogP contribution in [-0.2, 0) is 0 Å². The zero-order valence-corrected chi connectivity index (χ0v) is 15.1. The minimum atomic E-state index is -0.681. The molecule has 4 rings (SSSR count). The molecule has 0 fully saturated rings. The van der Waals surface area contributed by atoms with E-state index >= 15 is 0 Å². The van der Waals surface area contributed by atoms with Gasteiger partial charge >= 0.3 is 0 Å². The van der Waals surface area contributed by atoms with Gasteiger partial charge in [0.1, 0.15) is 17.4 Å². The maximum absolute atomic E-state index is 13.2. The molecular weight excluding hydrogens is 369 g/mol. The number of rotatable bonds is 3. The molecule has 0 aliphatic heterocycles. The molecule has 3 aromatic carbocycles. The molecule has 4 aromatic rings. The molecule has 0 radical (unpaired) electrons. The zero-order valence-electron chi connectivity index (χ0n) is 15.1. The van der Waals surface area contributed by atoms with Gasteiger partial charge in [-0.2, -0.15) is 5.26 Å². The molecule has 2 N–H and O–H groups in total. The Labute approximate surface area is 165 Å². The van der Waals surface area contributed by atoms with Crippen molar-refractivity contribution in [1.82, 2.24) is 4.98 Å².